The molecule has 0 aliphatic heterocycles. The van der Waals surface area contributed by atoms with Gasteiger partial charge in [0.1, 0.15) is 6.04 Å². The second-order valence-electron chi connectivity index (χ2n) is 9.91. The Morgan fingerprint density at radius 3 is 1.68 bits per heavy atom. The molecule has 0 aromatic heterocycles. The zero-order chi connectivity index (χ0) is 22.0. The average Bonchev–Trinajstić information content (AvgIpc) is 2.56. The van der Waals surface area contributed by atoms with Crippen LogP contribution in [0.25, 0.3) is 0 Å². The molecule has 0 saturated heterocycles. The molecule has 0 bridgehead atoms. The smallest absolute Gasteiger partial charge is 0.244 e. The number of nitrogens with one attached hydrogen (secondary N) is 1. The molecule has 0 aliphatic carbocycles. The lowest BCUT2D eigenvalue weighted by atomic mass is 9.87. The highest BCUT2D eigenvalue weighted by molar-refractivity contribution is 7.89. The fourth-order valence-corrected chi connectivity index (χ4v) is 4.93. The molecule has 5 heteroatoms. The highest BCUT2D eigenvalue weighted by Crippen LogP contribution is 2.35. The maximum Gasteiger partial charge on any atom is 0.244 e. The van der Waals surface area contributed by atoms with Crippen molar-refractivity contribution in [2.45, 2.75) is 91.0 Å². The summed E-state index contributed by atoms with van der Waals surface area (Å²) in [5.74, 6) is 0.837. The Morgan fingerprint density at radius 1 is 0.964 bits per heavy atom. The van der Waals surface area contributed by atoms with E-state index in [0.29, 0.717) is 5.92 Å². The zero-order valence-electron chi connectivity index (χ0n) is 19.6. The third-order valence-electron chi connectivity index (χ3n) is 5.04. The van der Waals surface area contributed by atoms with Crippen molar-refractivity contribution < 1.29 is 9.35 Å². The molecule has 1 amide bonds. The molecule has 0 aliphatic rings. The topological polar surface area (TPSA) is 55.4 Å². The number of amides is 1. The monoisotopic (exact) mass is 408 g/mol. The molecule has 1 aromatic carbocycles. The molecule has 28 heavy (non-hydrogen) atoms. The van der Waals surface area contributed by atoms with Gasteiger partial charge in [-0.1, -0.05) is 74.4 Å². The minimum absolute atomic E-state index is 0.0585. The summed E-state index contributed by atoms with van der Waals surface area (Å²) in [7, 11) is 3.48. The first-order valence-electron chi connectivity index (χ1n) is 10.2. The van der Waals surface area contributed by atoms with Gasteiger partial charge in [-0.15, -0.1) is 4.72 Å². The summed E-state index contributed by atoms with van der Waals surface area (Å²) in [6, 6.07) is 3.85. The van der Waals surface area contributed by atoms with Crippen molar-refractivity contribution in [1.82, 2.24) is 9.62 Å². The Balaban J connectivity index is 3.53. The average molecular weight is 409 g/mol. The molecule has 0 heterocycles. The Kier molecular flexibility index (Phi) is 8.61. The van der Waals surface area contributed by atoms with E-state index in [1.54, 1.807) is 19.0 Å². The number of nitrogens with zero attached hydrogens (tertiary/aromatic N) is 1. The van der Waals surface area contributed by atoms with E-state index < -0.39 is 17.4 Å². The lowest BCUT2D eigenvalue weighted by molar-refractivity contribution is -0.132. The highest BCUT2D eigenvalue weighted by Gasteiger charge is 2.38. The zero-order valence-corrected chi connectivity index (χ0v) is 20.5. The number of carbonyl (C=O) groups excluding carboxylic acids is 1. The Hall–Kier alpha value is -1.04. The minimum atomic E-state index is -1.48. The normalized spacial score (nSPS) is 14.7. The summed E-state index contributed by atoms with van der Waals surface area (Å²) in [5.41, 5.74) is 3.12. The van der Waals surface area contributed by atoms with Crippen molar-refractivity contribution in [1.29, 1.82) is 0 Å². The molecule has 0 fully saturated rings. The van der Waals surface area contributed by atoms with Crippen molar-refractivity contribution in [3.8, 4) is 0 Å². The van der Waals surface area contributed by atoms with Gasteiger partial charge in [-0.2, -0.15) is 0 Å². The van der Waals surface area contributed by atoms with E-state index in [9.17, 15) is 9.35 Å². The number of hydrogen-bond donors (Lipinski definition) is 1. The highest BCUT2D eigenvalue weighted by atomic mass is 32.2. The predicted molar refractivity (Wildman–Crippen MR) is 120 cm³/mol. The fraction of sp³-hybridized carbons (Fsp3) is 0.696. The van der Waals surface area contributed by atoms with Crippen molar-refractivity contribution >= 4 is 17.3 Å². The Morgan fingerprint density at radius 2 is 1.39 bits per heavy atom. The third kappa shape index (κ3) is 5.98. The number of likely N-dealkylation sites (N-methyl/N-ethyl adjacent to an activating group) is 1. The van der Waals surface area contributed by atoms with Crippen LogP contribution in [0.4, 0.5) is 0 Å². The second-order valence-corrected chi connectivity index (χ2v) is 11.1. The van der Waals surface area contributed by atoms with E-state index in [1.807, 2.05) is 20.8 Å². The lowest BCUT2D eigenvalue weighted by Crippen LogP contribution is -2.53. The molecule has 1 N–H and O–H groups in total. The summed E-state index contributed by atoms with van der Waals surface area (Å²) in [5, 5.41) is 0. The standard InChI is InChI=1S/C23H40N2O2S/c1-14(2)17-12-18(15(3)4)20(19(13-17)16(5)6)28(27)24-21(23(7,8)9)22(26)25(10)11/h12-16,21,24H,1-11H3/t21-,28?/m0/s1. The van der Waals surface area contributed by atoms with Gasteiger partial charge in [-0.05, 0) is 28.7 Å². The molecule has 160 valence electrons. The van der Waals surface area contributed by atoms with E-state index in [-0.39, 0.29) is 23.2 Å². The maximum absolute atomic E-state index is 13.6. The van der Waals surface area contributed by atoms with Crippen molar-refractivity contribution in [3.05, 3.63) is 28.8 Å². The van der Waals surface area contributed by atoms with Crippen LogP contribution in [0.5, 0.6) is 0 Å². The molecular weight excluding hydrogens is 368 g/mol. The van der Waals surface area contributed by atoms with Crippen molar-refractivity contribution in [2.24, 2.45) is 5.41 Å². The van der Waals surface area contributed by atoms with Crippen LogP contribution in [0.1, 0.15) is 96.8 Å². The van der Waals surface area contributed by atoms with Crippen LogP contribution >= 0.6 is 0 Å². The first-order valence-corrected chi connectivity index (χ1v) is 11.4. The van der Waals surface area contributed by atoms with Crippen LogP contribution < -0.4 is 4.72 Å². The summed E-state index contributed by atoms with van der Waals surface area (Å²) >= 11 is -1.48. The van der Waals surface area contributed by atoms with E-state index in [2.05, 4.69) is 58.4 Å². The lowest BCUT2D eigenvalue weighted by Gasteiger charge is -2.33. The third-order valence-corrected chi connectivity index (χ3v) is 6.34. The van der Waals surface area contributed by atoms with Gasteiger partial charge in [0.25, 0.3) is 0 Å². The Labute approximate surface area is 175 Å². The first kappa shape index (κ1) is 25.0. The number of hydrogen-bond acceptors (Lipinski definition) is 3. The van der Waals surface area contributed by atoms with E-state index in [0.717, 1.165) is 16.0 Å². The van der Waals surface area contributed by atoms with E-state index >= 15 is 0 Å². The van der Waals surface area contributed by atoms with Gasteiger partial charge in [0.2, 0.25) is 5.91 Å². The molecule has 1 rings (SSSR count). The largest absolute Gasteiger partial charge is 0.593 e. The van der Waals surface area contributed by atoms with Gasteiger partial charge in [0.15, 0.2) is 4.90 Å². The molecule has 0 saturated carbocycles. The van der Waals surface area contributed by atoms with Gasteiger partial charge >= 0.3 is 0 Å². The van der Waals surface area contributed by atoms with E-state index in [4.69, 9.17) is 0 Å². The fourth-order valence-electron chi connectivity index (χ4n) is 3.13. The number of carbonyl (C=O) groups is 1. The van der Waals surface area contributed by atoms with Crippen LogP contribution in [-0.2, 0) is 16.2 Å². The molecule has 1 unspecified atom stereocenters. The quantitative estimate of drug-likeness (QED) is 0.633. The predicted octanol–water partition coefficient (Wildman–Crippen LogP) is 5.17. The summed E-state index contributed by atoms with van der Waals surface area (Å²) in [4.78, 5) is 15.2. The SMILES string of the molecule is CC(C)c1cc(C(C)C)c([S+]([O-])N[C@@H](C(=O)N(C)C)C(C)(C)C)c(C(C)C)c1. The summed E-state index contributed by atoms with van der Waals surface area (Å²) < 4.78 is 16.8. The van der Waals surface area contributed by atoms with Crippen LogP contribution in [0.2, 0.25) is 0 Å². The second kappa shape index (κ2) is 9.64. The van der Waals surface area contributed by atoms with Crippen molar-refractivity contribution in [2.75, 3.05) is 14.1 Å². The molecule has 0 spiro atoms. The minimum Gasteiger partial charge on any atom is -0.593 e. The number of benzene rings is 1. The molecule has 2 atom stereocenters. The van der Waals surface area contributed by atoms with Gasteiger partial charge < -0.3 is 9.45 Å². The molecule has 1 aromatic rings. The maximum atomic E-state index is 13.6. The number of rotatable bonds is 7. The van der Waals surface area contributed by atoms with Crippen LogP contribution in [0, 0.1) is 5.41 Å². The first-order chi connectivity index (χ1) is 12.7. The van der Waals surface area contributed by atoms with E-state index in [1.165, 1.54) is 5.56 Å². The summed E-state index contributed by atoms with van der Waals surface area (Å²) in [6.45, 7) is 18.9. The Bertz CT molecular complexity index is 647. The van der Waals surface area contributed by atoms with Gasteiger partial charge in [0.05, 0.1) is 11.4 Å². The molecular formula is C23H40N2O2S. The molecule has 0 radical (unpaired) electrons. The van der Waals surface area contributed by atoms with Crippen LogP contribution in [0.3, 0.4) is 0 Å². The molecule has 4 nitrogen and oxygen atoms in total. The van der Waals surface area contributed by atoms with Crippen LogP contribution in [-0.4, -0.2) is 35.5 Å². The van der Waals surface area contributed by atoms with Gasteiger partial charge in [0, 0.05) is 25.2 Å². The van der Waals surface area contributed by atoms with Crippen LogP contribution in [0.15, 0.2) is 17.0 Å². The van der Waals surface area contributed by atoms with Gasteiger partial charge in [-0.3, -0.25) is 4.79 Å². The van der Waals surface area contributed by atoms with Crippen molar-refractivity contribution in [3.63, 3.8) is 0 Å². The summed E-state index contributed by atoms with van der Waals surface area (Å²) in [6.07, 6.45) is 0. The van der Waals surface area contributed by atoms with Gasteiger partial charge in [-0.25, -0.2) is 0 Å².